The van der Waals surface area contributed by atoms with E-state index in [9.17, 15) is 0 Å². The van der Waals surface area contributed by atoms with Crippen LogP contribution in [0.4, 0.5) is 0 Å². The molecule has 0 aliphatic heterocycles. The molecule has 3 aromatic carbocycles. The Morgan fingerprint density at radius 3 is 2.28 bits per heavy atom. The van der Waals surface area contributed by atoms with Crippen LogP contribution in [-0.2, 0) is 12.8 Å². The molecule has 3 atom stereocenters. The van der Waals surface area contributed by atoms with E-state index in [0.29, 0.717) is 11.8 Å². The van der Waals surface area contributed by atoms with Crippen LogP contribution in [0.5, 0.6) is 0 Å². The highest BCUT2D eigenvalue weighted by Crippen LogP contribution is 2.50. The molecule has 4 aliphatic carbocycles. The lowest BCUT2D eigenvalue weighted by molar-refractivity contribution is 0.147. The summed E-state index contributed by atoms with van der Waals surface area (Å²) in [5.74, 6) is 3.88. The minimum absolute atomic E-state index is 0.516. The monoisotopic (exact) mass is 606 g/mol. The molecule has 0 aromatic heterocycles. The van der Waals surface area contributed by atoms with Crippen molar-refractivity contribution in [3.63, 3.8) is 0 Å². The molecular weight excluding hydrogens is 553 g/mol. The topological polar surface area (TPSA) is 0 Å². The molecule has 0 N–H and O–H groups in total. The van der Waals surface area contributed by atoms with Crippen LogP contribution in [0.15, 0.2) is 78.9 Å². The fraction of sp³-hybridized carbons (Fsp3) is 0.435. The molecule has 0 bridgehead atoms. The van der Waals surface area contributed by atoms with E-state index in [4.69, 9.17) is 0 Å². The molecule has 0 radical (unpaired) electrons. The van der Waals surface area contributed by atoms with Gasteiger partial charge in [0, 0.05) is 5.92 Å². The van der Waals surface area contributed by atoms with E-state index in [1.807, 2.05) is 0 Å². The highest BCUT2D eigenvalue weighted by molar-refractivity contribution is 5.94. The standard InChI is InChI=1S/C46H54/c1-8-30(5)40-19-18-37(40)24-33-11-15-34(16-12-33)43-23-32(7)41-20-17-36(26-45(41)43)38-25-39-22-31(6)42(21-28(2)3)46(44(39)27-38)35-13-9-29(4)10-14-35/h9-10,13-14,17,20,22-23,25-26,32-34,37,40H,2,5,8,11-12,15-16,18-19,21,24,27H2,1,3-4,6-7H3/t32?,33?,34?,37-,40?/m0/s1. The summed E-state index contributed by atoms with van der Waals surface area (Å²) in [6.45, 7) is 20.0. The van der Waals surface area contributed by atoms with Gasteiger partial charge in [-0.05, 0) is 176 Å². The number of benzene rings is 3. The van der Waals surface area contributed by atoms with Gasteiger partial charge in [-0.2, -0.15) is 0 Å². The summed E-state index contributed by atoms with van der Waals surface area (Å²) in [7, 11) is 0. The van der Waals surface area contributed by atoms with Crippen molar-refractivity contribution >= 4 is 17.2 Å². The molecule has 0 amide bonds. The Kier molecular flexibility index (Phi) is 8.60. The Morgan fingerprint density at radius 2 is 1.61 bits per heavy atom. The van der Waals surface area contributed by atoms with Gasteiger partial charge >= 0.3 is 0 Å². The van der Waals surface area contributed by atoms with E-state index >= 15 is 0 Å². The third-order valence-electron chi connectivity index (χ3n) is 12.3. The van der Waals surface area contributed by atoms with Gasteiger partial charge in [0.15, 0.2) is 0 Å². The molecule has 0 heteroatoms. The minimum atomic E-state index is 0.516. The molecule has 0 spiro atoms. The quantitative estimate of drug-likeness (QED) is 0.213. The van der Waals surface area contributed by atoms with Crippen molar-refractivity contribution < 1.29 is 0 Å². The van der Waals surface area contributed by atoms with E-state index in [1.165, 1.54) is 112 Å². The van der Waals surface area contributed by atoms with Crippen molar-refractivity contribution in [3.8, 4) is 11.1 Å². The second kappa shape index (κ2) is 12.7. The lowest BCUT2D eigenvalue weighted by atomic mass is 9.64. The van der Waals surface area contributed by atoms with Crippen LogP contribution >= 0.6 is 0 Å². The fourth-order valence-corrected chi connectivity index (χ4v) is 9.46. The molecule has 3 aromatic rings. The fourth-order valence-electron chi connectivity index (χ4n) is 9.46. The number of allylic oxidation sites excluding steroid dienone is 5. The normalized spacial score (nSPS) is 24.9. The van der Waals surface area contributed by atoms with E-state index in [2.05, 4.69) is 108 Å². The number of fused-ring (bicyclic) bond motifs is 2. The van der Waals surface area contributed by atoms with Crippen LogP contribution in [0.3, 0.4) is 0 Å². The van der Waals surface area contributed by atoms with Gasteiger partial charge in [-0.1, -0.05) is 98.3 Å². The van der Waals surface area contributed by atoms with Crippen LogP contribution in [0.1, 0.15) is 123 Å². The zero-order valence-corrected chi connectivity index (χ0v) is 29.1. The number of hydrogen-bond acceptors (Lipinski definition) is 0. The first-order chi connectivity index (χ1) is 22.2. The van der Waals surface area contributed by atoms with Crippen molar-refractivity contribution in [1.29, 1.82) is 0 Å². The predicted octanol–water partition coefficient (Wildman–Crippen LogP) is 12.9. The summed E-state index contributed by atoms with van der Waals surface area (Å²) < 4.78 is 0. The molecule has 0 saturated heterocycles. The molecular formula is C46H54. The lowest BCUT2D eigenvalue weighted by Gasteiger charge is -2.41. The molecule has 7 rings (SSSR count). The Labute approximate surface area is 279 Å². The molecule has 2 unspecified atom stereocenters. The van der Waals surface area contributed by atoms with Gasteiger partial charge in [-0.25, -0.2) is 0 Å². The van der Waals surface area contributed by atoms with Gasteiger partial charge in [-0.15, -0.1) is 0 Å². The zero-order valence-electron chi connectivity index (χ0n) is 29.1. The number of rotatable bonds is 9. The van der Waals surface area contributed by atoms with Gasteiger partial charge in [0.1, 0.15) is 0 Å². The number of hydrogen-bond donors (Lipinski definition) is 0. The summed E-state index contributed by atoms with van der Waals surface area (Å²) in [5.41, 5.74) is 20.1. The van der Waals surface area contributed by atoms with Crippen LogP contribution < -0.4 is 0 Å². The van der Waals surface area contributed by atoms with Crippen molar-refractivity contribution in [1.82, 2.24) is 0 Å². The molecule has 238 valence electrons. The molecule has 2 saturated carbocycles. The van der Waals surface area contributed by atoms with Crippen LogP contribution in [0.2, 0.25) is 0 Å². The maximum absolute atomic E-state index is 4.40. The average molecular weight is 607 g/mol. The summed E-state index contributed by atoms with van der Waals surface area (Å²) in [6, 6.07) is 19.0. The van der Waals surface area contributed by atoms with Crippen molar-refractivity contribution in [2.75, 3.05) is 0 Å². The van der Waals surface area contributed by atoms with E-state index < -0.39 is 0 Å². The van der Waals surface area contributed by atoms with Gasteiger partial charge in [0.05, 0.1) is 0 Å². The van der Waals surface area contributed by atoms with E-state index in [0.717, 1.165) is 37.0 Å². The third-order valence-corrected chi connectivity index (χ3v) is 12.3. The first-order valence-corrected chi connectivity index (χ1v) is 18.3. The lowest BCUT2D eigenvalue weighted by Crippen LogP contribution is -2.30. The molecule has 4 aliphatic rings. The van der Waals surface area contributed by atoms with Gasteiger partial charge in [-0.3, -0.25) is 0 Å². The highest BCUT2D eigenvalue weighted by atomic mass is 14.4. The Bertz CT molecular complexity index is 1730. The van der Waals surface area contributed by atoms with Gasteiger partial charge in [0.25, 0.3) is 0 Å². The summed E-state index contributed by atoms with van der Waals surface area (Å²) in [5, 5.41) is 0. The van der Waals surface area contributed by atoms with Crippen molar-refractivity contribution in [3.05, 3.63) is 123 Å². The largest absolute Gasteiger partial charge is 0.0998 e. The van der Waals surface area contributed by atoms with Crippen molar-refractivity contribution in [2.24, 2.45) is 23.7 Å². The maximum atomic E-state index is 4.40. The first kappa shape index (κ1) is 31.2. The summed E-state index contributed by atoms with van der Waals surface area (Å²) in [4.78, 5) is 0. The first-order valence-electron chi connectivity index (χ1n) is 18.3. The molecule has 2 fully saturated rings. The van der Waals surface area contributed by atoms with Crippen LogP contribution in [0, 0.1) is 37.5 Å². The smallest absolute Gasteiger partial charge is 0.000174 e. The predicted molar refractivity (Wildman–Crippen MR) is 200 cm³/mol. The molecule has 46 heavy (non-hydrogen) atoms. The highest BCUT2D eigenvalue weighted by Gasteiger charge is 2.36. The Hall–Kier alpha value is -3.38. The van der Waals surface area contributed by atoms with Crippen molar-refractivity contribution in [2.45, 2.75) is 105 Å². The Morgan fingerprint density at radius 1 is 0.870 bits per heavy atom. The van der Waals surface area contributed by atoms with E-state index in [-0.39, 0.29) is 0 Å². The molecule has 0 nitrogen and oxygen atoms in total. The SMILES string of the molecule is C=C(C)Cc1c(C)cc2c(c1-c1ccc(C)cc1)CC(c1ccc3c(c1)C(C1CCC(C[C@@H]4CCC4C(=C)CC)CC1)=CC3C)=C2. The zero-order chi connectivity index (χ0) is 32.1. The second-order valence-electron chi connectivity index (χ2n) is 15.6. The summed E-state index contributed by atoms with van der Waals surface area (Å²) in [6.07, 6.45) is 18.0. The second-order valence-corrected chi connectivity index (χ2v) is 15.6. The molecule has 0 heterocycles. The third kappa shape index (κ3) is 5.83. The van der Waals surface area contributed by atoms with E-state index in [1.54, 1.807) is 11.1 Å². The number of aryl methyl sites for hydroxylation is 2. The Balaban J connectivity index is 1.12. The minimum Gasteiger partial charge on any atom is -0.0998 e. The maximum Gasteiger partial charge on any atom is 0.000174 e. The van der Waals surface area contributed by atoms with Gasteiger partial charge < -0.3 is 0 Å². The summed E-state index contributed by atoms with van der Waals surface area (Å²) >= 11 is 0. The average Bonchev–Trinajstić information content (AvgIpc) is 3.60. The van der Waals surface area contributed by atoms with Crippen LogP contribution in [0.25, 0.3) is 28.3 Å². The van der Waals surface area contributed by atoms with Gasteiger partial charge in [0.2, 0.25) is 0 Å². The van der Waals surface area contributed by atoms with Crippen LogP contribution in [-0.4, -0.2) is 0 Å².